The average Bonchev–Trinajstić information content (AvgIpc) is 3.78. The Morgan fingerprint density at radius 3 is 1.38 bits per heavy atom. The summed E-state index contributed by atoms with van der Waals surface area (Å²) in [5.41, 5.74) is -1.64. The maximum atomic E-state index is 12.7. The highest BCUT2D eigenvalue weighted by Gasteiger charge is 2.48. The molecule has 0 bridgehead atoms. The van der Waals surface area contributed by atoms with E-state index < -0.39 is 60.5 Å². The van der Waals surface area contributed by atoms with Gasteiger partial charge >= 0.3 is 12.4 Å². The van der Waals surface area contributed by atoms with Gasteiger partial charge in [-0.25, -0.2) is 0 Å². The summed E-state index contributed by atoms with van der Waals surface area (Å²) in [5.74, 6) is -0.512. The number of aliphatic hydroxyl groups is 6. The fraction of sp³-hybridized carbons (Fsp3) is 0.556. The summed E-state index contributed by atoms with van der Waals surface area (Å²) in [5, 5.41) is 59.2. The van der Waals surface area contributed by atoms with Crippen molar-refractivity contribution < 1.29 is 75.9 Å². The van der Waals surface area contributed by atoms with Crippen molar-refractivity contribution in [3.8, 4) is 11.5 Å². The third kappa shape index (κ3) is 10.5. The molecule has 2 unspecified atom stereocenters. The van der Waals surface area contributed by atoms with Crippen molar-refractivity contribution in [2.75, 3.05) is 13.2 Å². The molecule has 4 fully saturated rings. The lowest BCUT2D eigenvalue weighted by molar-refractivity contribution is -0.138. The lowest BCUT2D eigenvalue weighted by Crippen LogP contribution is -2.20. The lowest BCUT2D eigenvalue weighted by atomic mass is 9.91. The molecule has 16 heteroatoms. The van der Waals surface area contributed by atoms with E-state index in [1.807, 2.05) is 0 Å². The minimum Gasteiger partial charge on any atom is -0.491 e. The van der Waals surface area contributed by atoms with E-state index in [9.17, 15) is 57.0 Å². The molecule has 0 aromatic heterocycles. The van der Waals surface area contributed by atoms with E-state index in [4.69, 9.17) is 18.9 Å². The topological polar surface area (TPSA) is 158 Å². The predicted molar refractivity (Wildman–Crippen MR) is 170 cm³/mol. The zero-order valence-corrected chi connectivity index (χ0v) is 27.7. The summed E-state index contributed by atoms with van der Waals surface area (Å²) < 4.78 is 97.1. The first-order valence-electron chi connectivity index (χ1n) is 16.8. The van der Waals surface area contributed by atoms with Crippen LogP contribution in [0.5, 0.6) is 11.5 Å². The molecule has 288 valence electrons. The van der Waals surface area contributed by atoms with Gasteiger partial charge in [0, 0.05) is 37.5 Å². The number of benzene rings is 2. The average molecular weight is 749 g/mol. The van der Waals surface area contributed by atoms with E-state index in [1.54, 1.807) is 12.2 Å². The van der Waals surface area contributed by atoms with E-state index in [0.29, 0.717) is 25.7 Å². The molecule has 2 aliphatic heterocycles. The molecular weight excluding hydrogens is 706 g/mol. The van der Waals surface area contributed by atoms with Gasteiger partial charge in [-0.2, -0.15) is 26.3 Å². The molecule has 10 nitrogen and oxygen atoms in total. The van der Waals surface area contributed by atoms with Gasteiger partial charge in [-0.05, 0) is 48.2 Å². The first-order chi connectivity index (χ1) is 24.5. The molecule has 2 aromatic carbocycles. The Morgan fingerprint density at radius 1 is 0.635 bits per heavy atom. The Morgan fingerprint density at radius 2 is 1.02 bits per heavy atom. The van der Waals surface area contributed by atoms with Crippen LogP contribution in [0.2, 0.25) is 0 Å². The Hall–Kier alpha value is -3.22. The van der Waals surface area contributed by atoms with Crippen molar-refractivity contribution in [2.24, 2.45) is 23.7 Å². The van der Waals surface area contributed by atoms with Crippen LogP contribution in [0.4, 0.5) is 26.3 Å². The third-order valence-corrected chi connectivity index (χ3v) is 9.67. The monoisotopic (exact) mass is 748 g/mol. The maximum absolute atomic E-state index is 12.7. The van der Waals surface area contributed by atoms with Gasteiger partial charge in [0.2, 0.25) is 0 Å². The second kappa shape index (κ2) is 16.8. The second-order valence-electron chi connectivity index (χ2n) is 13.4. The van der Waals surface area contributed by atoms with Crippen LogP contribution in [0.25, 0.3) is 0 Å². The van der Waals surface area contributed by atoms with Gasteiger partial charge in [-0.15, -0.1) is 0 Å². The van der Waals surface area contributed by atoms with Crippen LogP contribution in [0.3, 0.4) is 0 Å². The van der Waals surface area contributed by atoms with Crippen molar-refractivity contribution in [3.63, 3.8) is 0 Å². The van der Waals surface area contributed by atoms with Crippen molar-refractivity contribution >= 4 is 0 Å². The van der Waals surface area contributed by atoms with E-state index in [1.165, 1.54) is 36.4 Å². The molecule has 12 atom stereocenters. The fourth-order valence-electron chi connectivity index (χ4n) is 7.17. The highest BCUT2D eigenvalue weighted by Crippen LogP contribution is 2.44. The highest BCUT2D eigenvalue weighted by atomic mass is 19.4. The first kappa shape index (κ1) is 40.0. The molecule has 0 amide bonds. The number of hydrogen-bond acceptors (Lipinski definition) is 10. The van der Waals surface area contributed by atoms with Crippen LogP contribution in [-0.4, -0.2) is 93.1 Å². The Balaban J connectivity index is 0.000000201. The van der Waals surface area contributed by atoms with Gasteiger partial charge < -0.3 is 49.6 Å². The second-order valence-corrected chi connectivity index (χ2v) is 13.4. The van der Waals surface area contributed by atoms with Crippen molar-refractivity contribution in [1.82, 2.24) is 0 Å². The minimum absolute atomic E-state index is 0.0144. The summed E-state index contributed by atoms with van der Waals surface area (Å²) in [6.07, 6.45) is -6.37. The molecule has 52 heavy (non-hydrogen) atoms. The van der Waals surface area contributed by atoms with Crippen molar-refractivity contribution in [2.45, 2.75) is 87.2 Å². The van der Waals surface area contributed by atoms with Gasteiger partial charge in [0.15, 0.2) is 12.6 Å². The van der Waals surface area contributed by atoms with Crippen LogP contribution in [0.1, 0.15) is 36.8 Å². The highest BCUT2D eigenvalue weighted by molar-refractivity contribution is 5.31. The van der Waals surface area contributed by atoms with E-state index >= 15 is 0 Å². The normalized spacial score (nSPS) is 32.8. The summed E-state index contributed by atoms with van der Waals surface area (Å²) in [4.78, 5) is 0. The zero-order valence-electron chi connectivity index (χ0n) is 27.7. The summed E-state index contributed by atoms with van der Waals surface area (Å²) in [7, 11) is 0. The van der Waals surface area contributed by atoms with Crippen molar-refractivity contribution in [3.05, 3.63) is 84.0 Å². The first-order valence-corrected chi connectivity index (χ1v) is 16.8. The molecular formula is C36H42F6O10. The van der Waals surface area contributed by atoms with Gasteiger partial charge in [0.05, 0.1) is 35.5 Å². The molecule has 6 N–H and O–H groups in total. The zero-order chi connectivity index (χ0) is 37.8. The smallest absolute Gasteiger partial charge is 0.416 e. The van der Waals surface area contributed by atoms with Crippen LogP contribution in [0.15, 0.2) is 72.8 Å². The molecule has 2 aromatic rings. The summed E-state index contributed by atoms with van der Waals surface area (Å²) >= 11 is 0. The van der Waals surface area contributed by atoms with Gasteiger partial charge in [-0.1, -0.05) is 36.4 Å². The number of aliphatic hydroxyl groups excluding tert-OH is 6. The number of halogens is 6. The number of fused-ring (bicyclic) bond motifs is 2. The van der Waals surface area contributed by atoms with Crippen LogP contribution >= 0.6 is 0 Å². The number of ether oxygens (including phenoxy) is 4. The maximum Gasteiger partial charge on any atom is 0.416 e. The number of hydrogen-bond donors (Lipinski definition) is 6. The van der Waals surface area contributed by atoms with Crippen LogP contribution in [0, 0.1) is 23.7 Å². The molecule has 0 spiro atoms. The number of alkyl halides is 6. The van der Waals surface area contributed by atoms with Crippen LogP contribution in [-0.2, 0) is 21.8 Å². The Kier molecular flexibility index (Phi) is 13.0. The van der Waals surface area contributed by atoms with E-state index in [0.717, 1.165) is 24.3 Å². The lowest BCUT2D eigenvalue weighted by Gasteiger charge is -2.17. The number of rotatable bonds is 10. The molecule has 2 aliphatic carbocycles. The predicted octanol–water partition coefficient (Wildman–Crippen LogP) is 4.21. The van der Waals surface area contributed by atoms with Crippen LogP contribution < -0.4 is 9.47 Å². The van der Waals surface area contributed by atoms with E-state index in [2.05, 4.69) is 0 Å². The summed E-state index contributed by atoms with van der Waals surface area (Å²) in [6, 6.07) is 8.88. The van der Waals surface area contributed by atoms with Gasteiger partial charge in [0.1, 0.15) is 36.9 Å². The quantitative estimate of drug-likeness (QED) is 0.154. The summed E-state index contributed by atoms with van der Waals surface area (Å²) in [6.45, 7) is -0.429. The molecule has 2 heterocycles. The Bertz CT molecular complexity index is 1410. The third-order valence-electron chi connectivity index (χ3n) is 9.67. The standard InChI is InChI=1S/2C18H21F3O5/c2*19-18(20,21)10-2-1-3-12(6-10)25-9-11(22)4-5-13-14-7-17(24)26-16(14)8-15(13)23/h2*1-6,11,13-17,22-24H,7-9H2/b2*5-4+/t11-,13-,14-,15-,16?,17+;11-,13-,14-,15-,16?,17-/m11/s1. The van der Waals surface area contributed by atoms with Gasteiger partial charge in [0.25, 0.3) is 0 Å². The fourth-order valence-corrected chi connectivity index (χ4v) is 7.17. The molecule has 4 aliphatic rings. The molecule has 6 rings (SSSR count). The molecule has 0 radical (unpaired) electrons. The Labute approximate surface area is 295 Å². The van der Waals surface area contributed by atoms with Gasteiger partial charge in [-0.3, -0.25) is 0 Å². The SMILES string of the molecule is O[C@H](/C=C/[C@H]1[C@H](O)CC2O[C@@H](O)C[C@@H]21)COc1cccc(C(F)(F)F)c1.O[C@H](/C=C/[C@H]1[C@H](O)CC2O[C@H](O)C[C@@H]21)COc1cccc(C(F)(F)F)c1. The van der Waals surface area contributed by atoms with E-state index in [-0.39, 0.29) is 60.6 Å². The molecule has 2 saturated heterocycles. The van der Waals surface area contributed by atoms with Crippen molar-refractivity contribution in [1.29, 1.82) is 0 Å². The molecule has 2 saturated carbocycles. The largest absolute Gasteiger partial charge is 0.491 e. The minimum atomic E-state index is -4.46.